The van der Waals surface area contributed by atoms with Gasteiger partial charge in [0.2, 0.25) is 11.8 Å². The van der Waals surface area contributed by atoms with Crippen molar-refractivity contribution in [3.63, 3.8) is 0 Å². The fourth-order valence-electron chi connectivity index (χ4n) is 7.31. The molecule has 0 aromatic heterocycles. The van der Waals surface area contributed by atoms with Crippen molar-refractivity contribution in [3.05, 3.63) is 23.8 Å². The number of carbonyl (C=O) groups excluding carboxylic acids is 2. The van der Waals surface area contributed by atoms with Gasteiger partial charge in [0.25, 0.3) is 0 Å². The maximum absolute atomic E-state index is 13.0. The van der Waals surface area contributed by atoms with Crippen LogP contribution in [0.1, 0.15) is 70.8 Å². The summed E-state index contributed by atoms with van der Waals surface area (Å²) in [5.74, 6) is 3.39. The quantitative estimate of drug-likeness (QED) is 0.751. The topological polar surface area (TPSA) is 58.6 Å². The summed E-state index contributed by atoms with van der Waals surface area (Å²) in [7, 11) is 0. The molecule has 6 rings (SSSR count). The number of benzene rings is 1. The molecule has 0 saturated heterocycles. The highest BCUT2D eigenvalue weighted by Gasteiger charge is 2.53. The molecule has 4 fully saturated rings. The van der Waals surface area contributed by atoms with Crippen LogP contribution in [0.5, 0.6) is 5.75 Å². The van der Waals surface area contributed by atoms with Gasteiger partial charge in [-0.3, -0.25) is 9.59 Å². The number of nitrogens with zero attached hydrogens (tertiary/aromatic N) is 1. The average Bonchev–Trinajstić information content (AvgIpc) is 2.70. The lowest BCUT2D eigenvalue weighted by molar-refractivity contribution is -0.128. The number of ether oxygens (including phenoxy) is 1. The highest BCUT2D eigenvalue weighted by molar-refractivity contribution is 5.97. The van der Waals surface area contributed by atoms with Gasteiger partial charge in [0.1, 0.15) is 11.9 Å². The Morgan fingerprint density at radius 1 is 1.13 bits per heavy atom. The van der Waals surface area contributed by atoms with Crippen LogP contribution < -0.4 is 15.0 Å². The largest absolute Gasteiger partial charge is 0.487 e. The van der Waals surface area contributed by atoms with E-state index < -0.39 is 0 Å². The van der Waals surface area contributed by atoms with Gasteiger partial charge in [-0.2, -0.15) is 0 Å². The SMILES string of the molecule is Cc1ccc2c(c1)N(C(=O)CCC(=O)N[C@H](C)C13CC4CC(CC(C4)C1)C3)C[C@H](C)O2. The van der Waals surface area contributed by atoms with Crippen LogP contribution in [0.25, 0.3) is 0 Å². The van der Waals surface area contributed by atoms with Gasteiger partial charge in [-0.05, 0) is 100 Å². The fraction of sp³-hybridized carbons (Fsp3) is 0.692. The predicted molar refractivity (Wildman–Crippen MR) is 121 cm³/mol. The van der Waals surface area contributed by atoms with Crippen LogP contribution in [-0.2, 0) is 9.59 Å². The number of nitrogens with one attached hydrogen (secondary N) is 1. The van der Waals surface area contributed by atoms with E-state index in [-0.39, 0.29) is 36.8 Å². The van der Waals surface area contributed by atoms with E-state index in [1.165, 1.54) is 38.5 Å². The van der Waals surface area contributed by atoms with E-state index >= 15 is 0 Å². The van der Waals surface area contributed by atoms with Crippen LogP contribution in [0, 0.1) is 30.1 Å². The number of rotatable bonds is 5. The molecule has 0 unspecified atom stereocenters. The monoisotopic (exact) mass is 424 g/mol. The summed E-state index contributed by atoms with van der Waals surface area (Å²) in [6, 6.07) is 6.13. The second-order valence-electron chi connectivity index (χ2n) is 11.0. The summed E-state index contributed by atoms with van der Waals surface area (Å²) < 4.78 is 5.89. The Morgan fingerprint density at radius 3 is 2.42 bits per heavy atom. The first-order chi connectivity index (χ1) is 14.8. The zero-order valence-electron chi connectivity index (χ0n) is 19.2. The maximum Gasteiger partial charge on any atom is 0.227 e. The molecule has 2 amide bonds. The fourth-order valence-corrected chi connectivity index (χ4v) is 7.31. The molecule has 1 aromatic carbocycles. The number of aryl methyl sites for hydroxylation is 1. The third kappa shape index (κ3) is 3.96. The zero-order valence-corrected chi connectivity index (χ0v) is 19.2. The summed E-state index contributed by atoms with van der Waals surface area (Å²) >= 11 is 0. The van der Waals surface area contributed by atoms with E-state index in [0.717, 1.165) is 34.8 Å². The summed E-state index contributed by atoms with van der Waals surface area (Å²) in [6.45, 7) is 6.72. The molecule has 5 heteroatoms. The van der Waals surface area contributed by atoms with Crippen LogP contribution >= 0.6 is 0 Å². The third-order valence-electron chi connectivity index (χ3n) is 8.42. The summed E-state index contributed by atoms with van der Waals surface area (Å²) in [6.07, 6.45) is 8.50. The second kappa shape index (κ2) is 7.83. The first kappa shape index (κ1) is 20.8. The van der Waals surface area contributed by atoms with Gasteiger partial charge in [0.05, 0.1) is 12.2 Å². The highest BCUT2D eigenvalue weighted by Crippen LogP contribution is 2.61. The Hall–Kier alpha value is -2.04. The Labute approximate surface area is 185 Å². The van der Waals surface area contributed by atoms with Gasteiger partial charge in [-0.15, -0.1) is 0 Å². The second-order valence-corrected chi connectivity index (χ2v) is 11.0. The molecule has 1 aliphatic heterocycles. The van der Waals surface area contributed by atoms with E-state index in [1.807, 2.05) is 32.0 Å². The van der Waals surface area contributed by atoms with Crippen molar-refractivity contribution in [3.8, 4) is 5.75 Å². The van der Waals surface area contributed by atoms with Crippen LogP contribution in [-0.4, -0.2) is 30.5 Å². The van der Waals surface area contributed by atoms with Crippen molar-refractivity contribution in [1.29, 1.82) is 0 Å². The van der Waals surface area contributed by atoms with E-state index in [1.54, 1.807) is 4.90 Å². The molecule has 168 valence electrons. The number of carbonyl (C=O) groups is 2. The Morgan fingerprint density at radius 2 is 1.77 bits per heavy atom. The average molecular weight is 425 g/mol. The van der Waals surface area contributed by atoms with Gasteiger partial charge >= 0.3 is 0 Å². The van der Waals surface area contributed by atoms with Crippen molar-refractivity contribution in [1.82, 2.24) is 5.32 Å². The van der Waals surface area contributed by atoms with Gasteiger partial charge < -0.3 is 15.0 Å². The Balaban J connectivity index is 1.19. The minimum atomic E-state index is -0.0518. The summed E-state index contributed by atoms with van der Waals surface area (Å²) in [5, 5.41) is 3.30. The van der Waals surface area contributed by atoms with Gasteiger partial charge in [0.15, 0.2) is 0 Å². The molecule has 5 aliphatic rings. The van der Waals surface area contributed by atoms with Gasteiger partial charge in [-0.1, -0.05) is 6.07 Å². The van der Waals surface area contributed by atoms with Crippen molar-refractivity contribution < 1.29 is 14.3 Å². The van der Waals surface area contributed by atoms with E-state index in [9.17, 15) is 9.59 Å². The minimum Gasteiger partial charge on any atom is -0.487 e. The Bertz CT molecular complexity index is 844. The Kier molecular flexibility index (Phi) is 5.26. The van der Waals surface area contributed by atoms with Gasteiger partial charge in [0, 0.05) is 18.9 Å². The maximum atomic E-state index is 13.0. The molecule has 4 saturated carbocycles. The highest BCUT2D eigenvalue weighted by atomic mass is 16.5. The molecule has 0 radical (unpaired) electrons. The standard InChI is InChI=1S/C26H36N2O3/c1-16-4-5-23-22(8-16)28(15-17(2)31-23)25(30)7-6-24(29)27-18(3)26-12-19-9-20(13-26)11-21(10-19)14-26/h4-5,8,17-21H,6-7,9-15H2,1-3H3,(H,27,29)/t17-,18+,19?,20?,21?,26?/m0/s1. The van der Waals surface area contributed by atoms with E-state index in [0.29, 0.717) is 12.0 Å². The molecule has 0 spiro atoms. The molecule has 4 bridgehead atoms. The predicted octanol–water partition coefficient (Wildman–Crippen LogP) is 4.61. The van der Waals surface area contributed by atoms with Crippen LogP contribution in [0.3, 0.4) is 0 Å². The number of hydrogen-bond donors (Lipinski definition) is 1. The van der Waals surface area contributed by atoms with Crippen molar-refractivity contribution in [2.24, 2.45) is 23.2 Å². The lowest BCUT2D eigenvalue weighted by atomic mass is 9.48. The van der Waals surface area contributed by atoms with Crippen molar-refractivity contribution in [2.75, 3.05) is 11.4 Å². The smallest absolute Gasteiger partial charge is 0.227 e. The molecule has 2 atom stereocenters. The molecular weight excluding hydrogens is 388 g/mol. The summed E-state index contributed by atoms with van der Waals surface area (Å²) in [4.78, 5) is 27.6. The molecular formula is C26H36N2O3. The normalized spacial score (nSPS) is 34.1. The lowest BCUT2D eigenvalue weighted by Crippen LogP contribution is -2.55. The van der Waals surface area contributed by atoms with E-state index in [4.69, 9.17) is 4.74 Å². The molecule has 31 heavy (non-hydrogen) atoms. The van der Waals surface area contributed by atoms with Crippen molar-refractivity contribution >= 4 is 17.5 Å². The molecule has 5 nitrogen and oxygen atoms in total. The first-order valence-corrected chi connectivity index (χ1v) is 12.2. The number of fused-ring (bicyclic) bond motifs is 1. The zero-order chi connectivity index (χ0) is 21.8. The minimum absolute atomic E-state index is 0.000363. The lowest BCUT2D eigenvalue weighted by Gasteiger charge is -2.59. The number of anilines is 1. The molecule has 1 aromatic rings. The number of amides is 2. The van der Waals surface area contributed by atoms with Gasteiger partial charge in [-0.25, -0.2) is 0 Å². The first-order valence-electron chi connectivity index (χ1n) is 12.2. The van der Waals surface area contributed by atoms with Crippen LogP contribution in [0.4, 0.5) is 5.69 Å². The number of hydrogen-bond acceptors (Lipinski definition) is 3. The van der Waals surface area contributed by atoms with Crippen LogP contribution in [0.15, 0.2) is 18.2 Å². The molecule has 4 aliphatic carbocycles. The third-order valence-corrected chi connectivity index (χ3v) is 8.42. The summed E-state index contributed by atoms with van der Waals surface area (Å²) in [5.41, 5.74) is 2.21. The molecule has 1 heterocycles. The molecule has 1 N–H and O–H groups in total. The van der Waals surface area contributed by atoms with Crippen LogP contribution in [0.2, 0.25) is 0 Å². The van der Waals surface area contributed by atoms with Crippen molar-refractivity contribution in [2.45, 2.75) is 84.3 Å². The van der Waals surface area contributed by atoms with E-state index in [2.05, 4.69) is 12.2 Å².